The number of hydrogen-bond acceptors (Lipinski definition) is 3. The fourth-order valence-corrected chi connectivity index (χ4v) is 8.88. The van der Waals surface area contributed by atoms with E-state index in [0.29, 0.717) is 17.5 Å². The number of aromatic nitrogens is 3. The Morgan fingerprint density at radius 2 is 0.793 bits per heavy atom. The monoisotopic (exact) mass is 747 g/mol. The van der Waals surface area contributed by atoms with Crippen molar-refractivity contribution >= 4 is 21.5 Å². The summed E-state index contributed by atoms with van der Waals surface area (Å²) in [5, 5.41) is 5.01. The molecule has 0 atom stereocenters. The molecule has 0 spiro atoms. The van der Waals surface area contributed by atoms with Gasteiger partial charge in [0.1, 0.15) is 0 Å². The van der Waals surface area contributed by atoms with E-state index in [2.05, 4.69) is 198 Å². The first-order valence-electron chi connectivity index (χ1n) is 20.4. The van der Waals surface area contributed by atoms with Gasteiger partial charge in [0.05, 0.1) is 0 Å². The lowest BCUT2D eigenvalue weighted by molar-refractivity contribution is 0.332. The molecule has 0 saturated heterocycles. The molecule has 3 heteroatoms. The topological polar surface area (TPSA) is 38.7 Å². The van der Waals surface area contributed by atoms with Gasteiger partial charge in [0, 0.05) is 16.7 Å². The molecule has 0 unspecified atom stereocenters. The Morgan fingerprint density at radius 1 is 0.328 bits per heavy atom. The predicted molar refractivity (Wildman–Crippen MR) is 243 cm³/mol. The number of hydrogen-bond donors (Lipinski definition) is 0. The highest BCUT2D eigenvalue weighted by Crippen LogP contribution is 2.47. The minimum atomic E-state index is 0.150. The van der Waals surface area contributed by atoms with Crippen LogP contribution in [0.1, 0.15) is 51.7 Å². The van der Waals surface area contributed by atoms with Crippen molar-refractivity contribution < 1.29 is 0 Å². The van der Waals surface area contributed by atoms with Crippen LogP contribution in [0.4, 0.5) is 0 Å². The zero-order chi connectivity index (χ0) is 39.4. The lowest BCUT2D eigenvalue weighted by Gasteiger charge is -2.42. The molecule has 1 aromatic heterocycles. The molecule has 1 heterocycles. The second-order valence-electron chi connectivity index (χ2n) is 17.1. The van der Waals surface area contributed by atoms with Crippen LogP contribution in [-0.4, -0.2) is 15.0 Å². The summed E-state index contributed by atoms with van der Waals surface area (Å²) in [6.45, 7) is 9.54. The molecule has 0 amide bonds. The molecule has 0 bridgehead atoms. The maximum Gasteiger partial charge on any atom is 0.164 e. The third-order valence-electron chi connectivity index (χ3n) is 12.4. The number of benzene rings is 8. The molecular formula is C55H45N3. The van der Waals surface area contributed by atoms with E-state index in [9.17, 15) is 0 Å². The van der Waals surface area contributed by atoms with Crippen LogP contribution in [-0.2, 0) is 10.8 Å². The van der Waals surface area contributed by atoms with E-state index in [1.807, 2.05) is 6.07 Å². The van der Waals surface area contributed by atoms with Crippen LogP contribution in [0.25, 0.3) is 89.1 Å². The molecule has 9 aromatic rings. The Labute approximate surface area is 341 Å². The molecule has 0 radical (unpaired) electrons. The summed E-state index contributed by atoms with van der Waals surface area (Å²) in [5.41, 5.74) is 13.1. The molecule has 3 nitrogen and oxygen atoms in total. The molecule has 1 aliphatic rings. The highest BCUT2D eigenvalue weighted by Gasteiger charge is 2.37. The minimum Gasteiger partial charge on any atom is -0.208 e. The molecule has 280 valence electrons. The van der Waals surface area contributed by atoms with Gasteiger partial charge >= 0.3 is 0 Å². The maximum absolute atomic E-state index is 5.18. The van der Waals surface area contributed by atoms with E-state index in [-0.39, 0.29) is 10.8 Å². The first-order chi connectivity index (χ1) is 28.2. The molecule has 0 aliphatic heterocycles. The van der Waals surface area contributed by atoms with Gasteiger partial charge in [0.15, 0.2) is 17.5 Å². The smallest absolute Gasteiger partial charge is 0.164 e. The van der Waals surface area contributed by atoms with Crippen molar-refractivity contribution in [2.45, 2.75) is 51.4 Å². The van der Waals surface area contributed by atoms with Crippen molar-refractivity contribution in [3.05, 3.63) is 187 Å². The molecule has 8 aromatic carbocycles. The SMILES string of the molecule is CC1(C)CCC(C)(C)c2cc(-c3ccc(-c4nc(-c5ccc(-c6ccc7ccc8ccccc8c7c6)cc5)nc(-c5ccccc5-c5ccccc5)n4)cc3)ccc21. The fraction of sp³-hybridized carbons (Fsp3) is 0.145. The van der Waals surface area contributed by atoms with Crippen molar-refractivity contribution in [2.75, 3.05) is 0 Å². The van der Waals surface area contributed by atoms with E-state index in [0.717, 1.165) is 33.4 Å². The van der Waals surface area contributed by atoms with Gasteiger partial charge in [0.2, 0.25) is 0 Å². The highest BCUT2D eigenvalue weighted by molar-refractivity contribution is 6.08. The normalized spacial score (nSPS) is 14.3. The van der Waals surface area contributed by atoms with E-state index in [1.54, 1.807) is 0 Å². The first kappa shape index (κ1) is 35.7. The standard InChI is InChI=1S/C55H45N3/c1-54(2)32-33-55(3,4)50-35-44(30-31-49(50)54)37-20-27-42(28-21-37)52-56-51(57-53(58-52)47-17-11-10-15-45(47)38-12-6-5-7-13-38)41-25-18-36(19-26-41)43-29-24-40-23-22-39-14-8-9-16-46(39)48(40)34-43/h5-31,34-35H,32-33H2,1-4H3. The van der Waals surface area contributed by atoms with Crippen molar-refractivity contribution in [1.82, 2.24) is 15.0 Å². The van der Waals surface area contributed by atoms with Gasteiger partial charge in [-0.1, -0.05) is 198 Å². The van der Waals surface area contributed by atoms with E-state index < -0.39 is 0 Å². The third kappa shape index (κ3) is 6.47. The molecule has 10 rings (SSSR count). The molecule has 58 heavy (non-hydrogen) atoms. The van der Waals surface area contributed by atoms with Crippen LogP contribution in [0.3, 0.4) is 0 Å². The summed E-state index contributed by atoms with van der Waals surface area (Å²) in [6.07, 6.45) is 2.40. The molecule has 0 N–H and O–H groups in total. The van der Waals surface area contributed by atoms with Crippen molar-refractivity contribution in [3.8, 4) is 67.5 Å². The minimum absolute atomic E-state index is 0.150. The summed E-state index contributed by atoms with van der Waals surface area (Å²) < 4.78 is 0. The van der Waals surface area contributed by atoms with E-state index in [4.69, 9.17) is 15.0 Å². The molecular weight excluding hydrogens is 703 g/mol. The summed E-state index contributed by atoms with van der Waals surface area (Å²) in [4.78, 5) is 15.5. The Bertz CT molecular complexity index is 2980. The Kier molecular flexibility index (Phi) is 8.64. The van der Waals surface area contributed by atoms with Crippen LogP contribution in [0.2, 0.25) is 0 Å². The molecule has 0 saturated carbocycles. The fourth-order valence-electron chi connectivity index (χ4n) is 8.88. The molecule has 0 fully saturated rings. The summed E-state index contributed by atoms with van der Waals surface area (Å²) in [6, 6.07) is 63.0. The Hall–Kier alpha value is -6.71. The van der Waals surface area contributed by atoms with E-state index >= 15 is 0 Å². The summed E-state index contributed by atoms with van der Waals surface area (Å²) in [7, 11) is 0. The van der Waals surface area contributed by atoms with Crippen LogP contribution in [0.5, 0.6) is 0 Å². The first-order valence-corrected chi connectivity index (χ1v) is 20.4. The van der Waals surface area contributed by atoms with Gasteiger partial charge in [-0.15, -0.1) is 0 Å². The third-order valence-corrected chi connectivity index (χ3v) is 12.4. The van der Waals surface area contributed by atoms with Gasteiger partial charge in [-0.2, -0.15) is 0 Å². The number of nitrogens with zero attached hydrogens (tertiary/aromatic N) is 3. The van der Waals surface area contributed by atoms with Gasteiger partial charge < -0.3 is 0 Å². The average molecular weight is 748 g/mol. The second kappa shape index (κ2) is 14.0. The average Bonchev–Trinajstić information content (AvgIpc) is 3.28. The number of rotatable bonds is 6. The van der Waals surface area contributed by atoms with Crippen LogP contribution in [0, 0.1) is 0 Å². The predicted octanol–water partition coefficient (Wildman–Crippen LogP) is 14.5. The summed E-state index contributed by atoms with van der Waals surface area (Å²) in [5.74, 6) is 1.93. The Morgan fingerprint density at radius 3 is 1.47 bits per heavy atom. The van der Waals surface area contributed by atoms with Gasteiger partial charge in [-0.3, -0.25) is 0 Å². The van der Waals surface area contributed by atoms with Gasteiger partial charge in [-0.05, 0) is 95.8 Å². The zero-order valence-corrected chi connectivity index (χ0v) is 33.5. The van der Waals surface area contributed by atoms with Crippen LogP contribution >= 0.6 is 0 Å². The second-order valence-corrected chi connectivity index (χ2v) is 17.1. The zero-order valence-electron chi connectivity index (χ0n) is 33.5. The van der Waals surface area contributed by atoms with Gasteiger partial charge in [0.25, 0.3) is 0 Å². The van der Waals surface area contributed by atoms with Crippen LogP contribution < -0.4 is 0 Å². The quantitative estimate of drug-likeness (QED) is 0.159. The Balaban J connectivity index is 1.05. The molecule has 1 aliphatic carbocycles. The number of fused-ring (bicyclic) bond motifs is 4. The van der Waals surface area contributed by atoms with E-state index in [1.165, 1.54) is 62.2 Å². The lowest BCUT2D eigenvalue weighted by atomic mass is 9.63. The van der Waals surface area contributed by atoms with Crippen molar-refractivity contribution in [1.29, 1.82) is 0 Å². The van der Waals surface area contributed by atoms with Crippen LogP contribution in [0.15, 0.2) is 176 Å². The maximum atomic E-state index is 5.18. The lowest BCUT2D eigenvalue weighted by Crippen LogP contribution is -2.33. The largest absolute Gasteiger partial charge is 0.208 e. The highest BCUT2D eigenvalue weighted by atomic mass is 15.0. The van der Waals surface area contributed by atoms with Crippen molar-refractivity contribution in [3.63, 3.8) is 0 Å². The summed E-state index contributed by atoms with van der Waals surface area (Å²) >= 11 is 0. The van der Waals surface area contributed by atoms with Crippen molar-refractivity contribution in [2.24, 2.45) is 0 Å². The van der Waals surface area contributed by atoms with Gasteiger partial charge in [-0.25, -0.2) is 15.0 Å².